The van der Waals surface area contributed by atoms with Crippen molar-refractivity contribution in [1.29, 1.82) is 0 Å². The number of nitrogens with one attached hydrogen (secondary N) is 1. The van der Waals surface area contributed by atoms with E-state index in [4.69, 9.17) is 10.5 Å². The van der Waals surface area contributed by atoms with E-state index in [1.165, 1.54) is 122 Å². The Kier molecular flexibility index (Phi) is 46.8. The van der Waals surface area contributed by atoms with Crippen LogP contribution in [-0.2, 0) is 19.1 Å². The van der Waals surface area contributed by atoms with Crippen LogP contribution in [-0.4, -0.2) is 41.6 Å². The molecule has 0 spiro atoms. The zero-order valence-electron chi connectivity index (χ0n) is 40.5. The van der Waals surface area contributed by atoms with Crippen molar-refractivity contribution in [3.63, 3.8) is 0 Å². The summed E-state index contributed by atoms with van der Waals surface area (Å²) in [5.74, 6) is -1.28. The van der Waals surface area contributed by atoms with Gasteiger partial charge < -0.3 is 20.9 Å². The molecule has 0 aliphatic carbocycles. The molecule has 7 nitrogen and oxygen atoms in total. The molecule has 0 radical (unpaired) electrons. The molecule has 62 heavy (non-hydrogen) atoms. The topological polar surface area (TPSA) is 119 Å². The minimum absolute atomic E-state index is 0.0590. The van der Waals surface area contributed by atoms with Crippen LogP contribution >= 0.6 is 0 Å². The van der Waals surface area contributed by atoms with Crippen molar-refractivity contribution >= 4 is 17.8 Å². The number of amides is 1. The highest BCUT2D eigenvalue weighted by atomic mass is 16.5. The number of allylic oxidation sites excluding steroid dienone is 10. The summed E-state index contributed by atoms with van der Waals surface area (Å²) in [6, 6.07) is -0.867. The van der Waals surface area contributed by atoms with Gasteiger partial charge in [-0.3, -0.25) is 9.59 Å². The quantitative estimate of drug-likeness (QED) is 0.0318. The minimum atomic E-state index is -1.01. The molecule has 2 atom stereocenters. The third-order valence-electron chi connectivity index (χ3n) is 11.6. The molecule has 0 fully saturated rings. The second kappa shape index (κ2) is 49.1. The first kappa shape index (κ1) is 59.1. The number of esters is 1. The van der Waals surface area contributed by atoms with Crippen LogP contribution in [0.4, 0.5) is 0 Å². The number of carboxylic acids is 1. The molecular formula is C55H98N2O5. The van der Waals surface area contributed by atoms with Crippen molar-refractivity contribution in [2.24, 2.45) is 5.73 Å². The fraction of sp³-hybridized carbons (Fsp3) is 0.764. The van der Waals surface area contributed by atoms with Gasteiger partial charge in [0, 0.05) is 12.8 Å². The van der Waals surface area contributed by atoms with E-state index >= 15 is 0 Å². The number of nitrogens with two attached hydrogens (primary N) is 1. The highest BCUT2D eigenvalue weighted by Crippen LogP contribution is 2.18. The molecule has 0 aromatic heterocycles. The summed E-state index contributed by atoms with van der Waals surface area (Å²) in [6.45, 7) is 4.84. The van der Waals surface area contributed by atoms with Gasteiger partial charge in [0.25, 0.3) is 0 Å². The predicted molar refractivity (Wildman–Crippen MR) is 266 cm³/mol. The van der Waals surface area contributed by atoms with Crippen LogP contribution in [0, 0.1) is 0 Å². The van der Waals surface area contributed by atoms with Crippen LogP contribution in [0.2, 0.25) is 0 Å². The fourth-order valence-electron chi connectivity index (χ4n) is 7.67. The number of hydrogen-bond acceptors (Lipinski definition) is 5. The highest BCUT2D eigenvalue weighted by Gasteiger charge is 2.19. The average Bonchev–Trinajstić information content (AvgIpc) is 3.26. The predicted octanol–water partition coefficient (Wildman–Crippen LogP) is 15.7. The van der Waals surface area contributed by atoms with Gasteiger partial charge in [-0.1, -0.05) is 197 Å². The largest absolute Gasteiger partial charge is 0.480 e. The first-order chi connectivity index (χ1) is 30.4. The van der Waals surface area contributed by atoms with Crippen LogP contribution in [0.15, 0.2) is 60.8 Å². The second-order valence-electron chi connectivity index (χ2n) is 17.5. The summed E-state index contributed by atoms with van der Waals surface area (Å²) < 4.78 is 6.04. The van der Waals surface area contributed by atoms with Gasteiger partial charge in [-0.2, -0.15) is 0 Å². The maximum Gasteiger partial charge on any atom is 0.326 e. The molecule has 358 valence electrons. The number of rotatable bonds is 47. The lowest BCUT2D eigenvalue weighted by Gasteiger charge is -2.17. The van der Waals surface area contributed by atoms with Gasteiger partial charge in [-0.25, -0.2) is 4.79 Å². The minimum Gasteiger partial charge on any atom is -0.480 e. The molecule has 2 unspecified atom stereocenters. The van der Waals surface area contributed by atoms with Gasteiger partial charge in [0.1, 0.15) is 12.1 Å². The number of carbonyl (C=O) groups is 3. The Morgan fingerprint density at radius 3 is 1.42 bits per heavy atom. The van der Waals surface area contributed by atoms with Crippen molar-refractivity contribution in [3.8, 4) is 0 Å². The van der Waals surface area contributed by atoms with Crippen molar-refractivity contribution < 1.29 is 24.2 Å². The lowest BCUT2D eigenvalue weighted by atomic mass is 10.0. The fourth-order valence-corrected chi connectivity index (χ4v) is 7.67. The monoisotopic (exact) mass is 867 g/mol. The molecule has 1 amide bonds. The number of carbonyl (C=O) groups excluding carboxylic acids is 2. The summed E-state index contributed by atoms with van der Waals surface area (Å²) in [6.07, 6.45) is 62.9. The van der Waals surface area contributed by atoms with Gasteiger partial charge in [0.2, 0.25) is 5.91 Å². The van der Waals surface area contributed by atoms with Crippen LogP contribution in [0.1, 0.15) is 251 Å². The SMILES string of the molecule is CC/C=C\C/C=C\C/C=C\C/C=C\CCC(CCCCCCCC(=O)NC(CCCN)C(=O)O)OC(=O)CCCCCCCCCCCCC/C=C\CCCCCCCCCC. The molecule has 0 aliphatic rings. The highest BCUT2D eigenvalue weighted by molar-refractivity contribution is 5.83. The normalized spacial score (nSPS) is 13.1. The van der Waals surface area contributed by atoms with Gasteiger partial charge in [-0.05, 0) is 109 Å². The van der Waals surface area contributed by atoms with Crippen LogP contribution in [0.3, 0.4) is 0 Å². The first-order valence-corrected chi connectivity index (χ1v) is 26.1. The molecule has 0 aromatic carbocycles. The van der Waals surface area contributed by atoms with Crippen molar-refractivity contribution in [2.45, 2.75) is 264 Å². The van der Waals surface area contributed by atoms with E-state index in [2.05, 4.69) is 79.9 Å². The Bertz CT molecular complexity index is 1160. The summed E-state index contributed by atoms with van der Waals surface area (Å²) in [5.41, 5.74) is 5.50. The molecule has 4 N–H and O–H groups in total. The first-order valence-electron chi connectivity index (χ1n) is 26.1. The van der Waals surface area contributed by atoms with Gasteiger partial charge in [-0.15, -0.1) is 0 Å². The van der Waals surface area contributed by atoms with E-state index in [9.17, 15) is 19.5 Å². The molecule has 0 rings (SSSR count). The maximum atomic E-state index is 12.9. The summed E-state index contributed by atoms with van der Waals surface area (Å²) in [7, 11) is 0. The van der Waals surface area contributed by atoms with Gasteiger partial charge in [0.15, 0.2) is 0 Å². The number of hydrogen-bond donors (Lipinski definition) is 3. The number of aliphatic carboxylic acids is 1. The summed E-state index contributed by atoms with van der Waals surface area (Å²) in [4.78, 5) is 36.5. The summed E-state index contributed by atoms with van der Waals surface area (Å²) >= 11 is 0. The third kappa shape index (κ3) is 45.1. The zero-order chi connectivity index (χ0) is 45.2. The lowest BCUT2D eigenvalue weighted by molar-refractivity contribution is -0.150. The van der Waals surface area contributed by atoms with Crippen molar-refractivity contribution in [2.75, 3.05) is 6.54 Å². The van der Waals surface area contributed by atoms with Gasteiger partial charge >= 0.3 is 11.9 Å². The van der Waals surface area contributed by atoms with Crippen molar-refractivity contribution in [3.05, 3.63) is 60.8 Å². The molecule has 0 aromatic rings. The van der Waals surface area contributed by atoms with Crippen LogP contribution in [0.25, 0.3) is 0 Å². The second-order valence-corrected chi connectivity index (χ2v) is 17.5. The molecular weight excluding hydrogens is 769 g/mol. The van der Waals surface area contributed by atoms with E-state index in [0.717, 1.165) is 89.9 Å². The Morgan fingerprint density at radius 2 is 0.919 bits per heavy atom. The molecule has 0 saturated heterocycles. The number of ether oxygens (including phenoxy) is 1. The molecule has 0 heterocycles. The lowest BCUT2D eigenvalue weighted by Crippen LogP contribution is -2.40. The summed E-state index contributed by atoms with van der Waals surface area (Å²) in [5, 5.41) is 12.0. The standard InChI is InChI=1S/C55H98N2O5/c1-3-5-7-9-11-13-15-17-18-19-20-21-22-23-24-25-26-28-30-32-34-39-43-49-54(59)62-51(45-40-36-33-31-29-27-16-14-12-10-8-6-4-2)46-41-37-35-38-42-48-53(58)57-52(55(60)61)47-44-50-56/h6,8,12,14,19-20,27,29,33,36,51-52H,3-5,7,9-11,13,15-18,21-26,28,30-32,34-35,37-50,56H2,1-2H3,(H,57,58)(H,60,61)/b8-6-,14-12-,20-19-,29-27-,36-33-. The smallest absolute Gasteiger partial charge is 0.326 e. The van der Waals surface area contributed by atoms with E-state index in [1.807, 2.05) is 0 Å². The molecule has 0 aliphatic heterocycles. The van der Waals surface area contributed by atoms with E-state index < -0.39 is 12.0 Å². The third-order valence-corrected chi connectivity index (χ3v) is 11.6. The van der Waals surface area contributed by atoms with Gasteiger partial charge in [0.05, 0.1) is 0 Å². The Balaban J connectivity index is 4.26. The number of carboxylic acid groups (broad SMARTS) is 1. The Labute approximate surface area is 382 Å². The zero-order valence-corrected chi connectivity index (χ0v) is 40.5. The maximum absolute atomic E-state index is 12.9. The Hall–Kier alpha value is -2.93. The van der Waals surface area contributed by atoms with E-state index in [1.54, 1.807) is 0 Å². The molecule has 0 bridgehead atoms. The van der Waals surface area contributed by atoms with Crippen LogP contribution in [0.5, 0.6) is 0 Å². The van der Waals surface area contributed by atoms with Crippen LogP contribution < -0.4 is 11.1 Å². The number of unbranched alkanes of at least 4 members (excludes halogenated alkanes) is 23. The molecule has 7 heteroatoms. The van der Waals surface area contributed by atoms with Crippen molar-refractivity contribution in [1.82, 2.24) is 5.32 Å². The average molecular weight is 867 g/mol. The molecule has 0 saturated carbocycles. The van der Waals surface area contributed by atoms with E-state index in [-0.39, 0.29) is 18.0 Å². The Morgan fingerprint density at radius 1 is 0.484 bits per heavy atom. The van der Waals surface area contributed by atoms with E-state index in [0.29, 0.717) is 32.2 Å².